The molecule has 0 aliphatic heterocycles. The van der Waals surface area contributed by atoms with Crippen molar-refractivity contribution in [3.63, 3.8) is 0 Å². The van der Waals surface area contributed by atoms with Crippen LogP contribution in [-0.2, 0) is 14.6 Å². The van der Waals surface area contributed by atoms with Crippen LogP contribution >= 0.6 is 0 Å². The third kappa shape index (κ3) is 5.00. The summed E-state index contributed by atoms with van der Waals surface area (Å²) >= 11 is 0. The maximum Gasteiger partial charge on any atom is 0.243 e. The van der Waals surface area contributed by atoms with Gasteiger partial charge in [-0.25, -0.2) is 8.42 Å². The second kappa shape index (κ2) is 6.16. The van der Waals surface area contributed by atoms with E-state index >= 15 is 0 Å². The largest absolute Gasteiger partial charge is 0.343 e. The number of aryl methyl sites for hydroxylation is 1. The Balaban J connectivity index is 2.68. The van der Waals surface area contributed by atoms with Crippen LogP contribution in [0.15, 0.2) is 24.3 Å². The van der Waals surface area contributed by atoms with Crippen LogP contribution < -0.4 is 5.73 Å². The van der Waals surface area contributed by atoms with Gasteiger partial charge < -0.3 is 10.6 Å². The Morgan fingerprint density at radius 2 is 1.84 bits per heavy atom. The van der Waals surface area contributed by atoms with Gasteiger partial charge in [-0.15, -0.1) is 0 Å². The smallest absolute Gasteiger partial charge is 0.243 e. The summed E-state index contributed by atoms with van der Waals surface area (Å²) in [5.41, 5.74) is 7.70. The first-order valence-electron chi connectivity index (χ1n) is 5.95. The zero-order valence-corrected chi connectivity index (χ0v) is 12.3. The van der Waals surface area contributed by atoms with Crippen molar-refractivity contribution < 1.29 is 13.2 Å². The van der Waals surface area contributed by atoms with Gasteiger partial charge in [0.1, 0.15) is 15.9 Å². The van der Waals surface area contributed by atoms with Crippen LogP contribution in [0.3, 0.4) is 0 Å². The molecule has 5 nitrogen and oxygen atoms in total. The van der Waals surface area contributed by atoms with Gasteiger partial charge in [-0.2, -0.15) is 0 Å². The lowest BCUT2D eigenvalue weighted by molar-refractivity contribution is -0.131. The molecule has 0 heterocycles. The van der Waals surface area contributed by atoms with Gasteiger partial charge in [0, 0.05) is 19.8 Å². The molecule has 0 saturated heterocycles. The van der Waals surface area contributed by atoms with Gasteiger partial charge in [0.15, 0.2) is 0 Å². The minimum Gasteiger partial charge on any atom is -0.343 e. The topological polar surface area (TPSA) is 80.5 Å². The van der Waals surface area contributed by atoms with Crippen molar-refractivity contribution in [2.75, 3.05) is 25.6 Å². The van der Waals surface area contributed by atoms with Crippen molar-refractivity contribution in [3.8, 4) is 0 Å². The van der Waals surface area contributed by atoms with Gasteiger partial charge in [-0.1, -0.05) is 29.8 Å². The summed E-state index contributed by atoms with van der Waals surface area (Å²) in [6, 6.07) is 6.63. The highest BCUT2D eigenvalue weighted by Gasteiger charge is 2.20. The average Bonchev–Trinajstić information content (AvgIpc) is 2.34. The van der Waals surface area contributed by atoms with Gasteiger partial charge in [0.25, 0.3) is 0 Å². The van der Waals surface area contributed by atoms with Crippen molar-refractivity contribution >= 4 is 15.7 Å². The molecule has 1 aromatic rings. The fraction of sp³-hybridized carbons (Fsp3) is 0.462. The molecule has 0 radical (unpaired) electrons. The van der Waals surface area contributed by atoms with E-state index in [2.05, 4.69) is 0 Å². The highest BCUT2D eigenvalue weighted by molar-refractivity contribution is 7.90. The van der Waals surface area contributed by atoms with E-state index in [9.17, 15) is 13.2 Å². The van der Waals surface area contributed by atoms with Crippen molar-refractivity contribution in [1.29, 1.82) is 0 Å². The van der Waals surface area contributed by atoms with Crippen LogP contribution in [0.5, 0.6) is 0 Å². The number of amides is 1. The summed E-state index contributed by atoms with van der Waals surface area (Å²) in [7, 11) is -1.53. The number of hydrogen-bond acceptors (Lipinski definition) is 4. The second-order valence-corrected chi connectivity index (χ2v) is 7.04. The molecule has 0 bridgehead atoms. The number of sulfone groups is 1. The molecule has 1 amide bonds. The first kappa shape index (κ1) is 15.7. The number of carbonyl (C=O) groups is 1. The third-order valence-corrected chi connectivity index (χ3v) is 3.80. The average molecular weight is 284 g/mol. The zero-order chi connectivity index (χ0) is 14.6. The highest BCUT2D eigenvalue weighted by Crippen LogP contribution is 2.13. The minimum absolute atomic E-state index is 0.0597. The minimum atomic E-state index is -3.08. The number of hydrogen-bond donors (Lipinski definition) is 1. The fourth-order valence-corrected chi connectivity index (χ4v) is 2.17. The molecule has 106 valence electrons. The van der Waals surface area contributed by atoms with E-state index in [0.29, 0.717) is 0 Å². The predicted octanol–water partition coefficient (Wildman–Crippen LogP) is 0.498. The number of likely N-dealkylation sites (N-methyl/N-ethyl adjacent to an activating group) is 1. The molecule has 1 unspecified atom stereocenters. The van der Waals surface area contributed by atoms with Crippen LogP contribution in [0.4, 0.5) is 0 Å². The molecule has 0 spiro atoms. The summed E-state index contributed by atoms with van der Waals surface area (Å²) in [4.78, 5) is 13.4. The molecule has 0 aromatic heterocycles. The van der Waals surface area contributed by atoms with Gasteiger partial charge in [0.2, 0.25) is 5.91 Å². The molecule has 2 N–H and O–H groups in total. The molecular formula is C13H20N2O3S. The third-order valence-electron chi connectivity index (χ3n) is 2.88. The standard InChI is InChI=1S/C13H20N2O3S/c1-10-4-6-11(7-5-10)12(14)13(16)15(2)8-9-19(3,17)18/h4-7,12H,8-9,14H2,1-3H3. The Morgan fingerprint density at radius 3 is 2.32 bits per heavy atom. The maximum atomic E-state index is 12.1. The van der Waals surface area contributed by atoms with E-state index < -0.39 is 15.9 Å². The van der Waals surface area contributed by atoms with E-state index in [1.165, 1.54) is 4.90 Å². The number of benzene rings is 1. The van der Waals surface area contributed by atoms with Crippen LogP contribution in [0, 0.1) is 6.92 Å². The first-order valence-corrected chi connectivity index (χ1v) is 8.01. The predicted molar refractivity (Wildman–Crippen MR) is 75.5 cm³/mol. The maximum absolute atomic E-state index is 12.1. The van der Waals surface area contributed by atoms with E-state index in [0.717, 1.165) is 17.4 Å². The van der Waals surface area contributed by atoms with Crippen LogP contribution in [-0.4, -0.2) is 44.8 Å². The first-order chi connectivity index (χ1) is 8.70. The monoisotopic (exact) mass is 284 g/mol. The van der Waals surface area contributed by atoms with Crippen LogP contribution in [0.25, 0.3) is 0 Å². The molecule has 0 fully saturated rings. The van der Waals surface area contributed by atoms with Crippen molar-refractivity contribution in [2.24, 2.45) is 5.73 Å². The molecule has 1 aromatic carbocycles. The van der Waals surface area contributed by atoms with Crippen molar-refractivity contribution in [2.45, 2.75) is 13.0 Å². The zero-order valence-electron chi connectivity index (χ0n) is 11.5. The van der Waals surface area contributed by atoms with E-state index in [1.807, 2.05) is 31.2 Å². The number of rotatable bonds is 5. The Bertz CT molecular complexity index is 538. The Kier molecular flexibility index (Phi) is 5.08. The van der Waals surface area contributed by atoms with Crippen LogP contribution in [0.2, 0.25) is 0 Å². The van der Waals surface area contributed by atoms with Crippen molar-refractivity contribution in [1.82, 2.24) is 4.90 Å². The summed E-state index contributed by atoms with van der Waals surface area (Å²) in [6.45, 7) is 2.10. The summed E-state index contributed by atoms with van der Waals surface area (Å²) < 4.78 is 22.1. The van der Waals surface area contributed by atoms with Gasteiger partial charge in [-0.05, 0) is 12.5 Å². The molecular weight excluding hydrogens is 264 g/mol. The van der Waals surface area contributed by atoms with Gasteiger partial charge in [0.05, 0.1) is 5.75 Å². The van der Waals surface area contributed by atoms with Gasteiger partial charge >= 0.3 is 0 Å². The molecule has 19 heavy (non-hydrogen) atoms. The highest BCUT2D eigenvalue weighted by atomic mass is 32.2. The molecule has 0 aliphatic carbocycles. The molecule has 1 atom stereocenters. The Hall–Kier alpha value is -1.40. The summed E-state index contributed by atoms with van der Waals surface area (Å²) in [5.74, 6) is -0.344. The molecule has 1 rings (SSSR count). The lowest BCUT2D eigenvalue weighted by Gasteiger charge is -2.21. The summed E-state index contributed by atoms with van der Waals surface area (Å²) in [6.07, 6.45) is 1.14. The molecule has 0 saturated carbocycles. The van der Waals surface area contributed by atoms with E-state index in [-0.39, 0.29) is 18.2 Å². The number of carbonyl (C=O) groups excluding carboxylic acids is 1. The Morgan fingerprint density at radius 1 is 1.32 bits per heavy atom. The van der Waals surface area contributed by atoms with E-state index in [4.69, 9.17) is 5.73 Å². The normalized spacial score (nSPS) is 13.1. The van der Waals surface area contributed by atoms with E-state index in [1.54, 1.807) is 7.05 Å². The molecule has 6 heteroatoms. The number of nitrogens with two attached hydrogens (primary N) is 1. The number of nitrogens with zero attached hydrogens (tertiary/aromatic N) is 1. The molecule has 0 aliphatic rings. The van der Waals surface area contributed by atoms with Gasteiger partial charge in [-0.3, -0.25) is 4.79 Å². The Labute approximate surface area is 114 Å². The fourth-order valence-electron chi connectivity index (χ4n) is 1.57. The summed E-state index contributed by atoms with van der Waals surface area (Å²) in [5, 5.41) is 0. The lowest BCUT2D eigenvalue weighted by atomic mass is 10.1. The quantitative estimate of drug-likeness (QED) is 0.853. The second-order valence-electron chi connectivity index (χ2n) is 4.78. The lowest BCUT2D eigenvalue weighted by Crippen LogP contribution is -2.38. The van der Waals surface area contributed by atoms with Crippen LogP contribution in [0.1, 0.15) is 17.2 Å². The SMILES string of the molecule is Cc1ccc(C(N)C(=O)N(C)CCS(C)(=O)=O)cc1. The van der Waals surface area contributed by atoms with Crippen molar-refractivity contribution in [3.05, 3.63) is 35.4 Å².